The predicted octanol–water partition coefficient (Wildman–Crippen LogP) is -5.04. The summed E-state index contributed by atoms with van der Waals surface area (Å²) in [5, 5.41) is 13.2. The molecule has 0 aromatic carbocycles. The van der Waals surface area contributed by atoms with E-state index in [2.05, 4.69) is 11.8 Å². The van der Waals surface area contributed by atoms with Crippen molar-refractivity contribution in [1.29, 1.82) is 0 Å². The molecule has 0 bridgehead atoms. The quantitative estimate of drug-likeness (QED) is 0.231. The topological polar surface area (TPSA) is 94.1 Å². The number of rotatable bonds is 0. The second kappa shape index (κ2) is 2390. The molecule has 0 spiro atoms. The van der Waals surface area contributed by atoms with Crippen LogP contribution in [0, 0.1) is 0 Å². The predicted molar refractivity (Wildman–Crippen MR) is 10.6 cm³/mol. The Morgan fingerprint density at radius 1 is 1.20 bits per heavy atom. The molecule has 0 unspecified atom stereocenters. The molecule has 7 N–H and O–H groups in total. The molecule has 0 aliphatic heterocycles. The van der Waals surface area contributed by atoms with Crippen LogP contribution in [0.1, 0.15) is 0 Å². The molecule has 0 aliphatic rings. The average Bonchev–Trinajstić information content (AvgIpc) is 1.50. The van der Waals surface area contributed by atoms with Crippen LogP contribution in [0.25, 0.3) is 0 Å². The van der Waals surface area contributed by atoms with E-state index in [1.165, 1.54) is 0 Å². The van der Waals surface area contributed by atoms with Crippen molar-refractivity contribution in [2.75, 3.05) is 0 Å². The van der Waals surface area contributed by atoms with Gasteiger partial charge in [-0.1, -0.05) is 0 Å². The van der Waals surface area contributed by atoms with Crippen LogP contribution >= 0.6 is 0 Å². The highest BCUT2D eigenvalue weighted by Crippen LogP contribution is 0.410. The first-order valence-corrected chi connectivity index (χ1v) is 0.574. The summed E-state index contributed by atoms with van der Waals surface area (Å²) >= 11 is 0. The van der Waals surface area contributed by atoms with E-state index in [9.17, 15) is 0 Å². The smallest absolute Gasteiger partial charge is 0.216 e. The minimum absolute atomic E-state index is 0. The first-order chi connectivity index (χ1) is 2.00. The minimum Gasteiger partial charge on any atom is -1.00 e. The average molecular weight is 103 g/mol. The molecule has 5 heteroatoms. The second-order valence-corrected chi connectivity index (χ2v) is 0. The van der Waals surface area contributed by atoms with Crippen molar-refractivity contribution in [3.63, 3.8) is 0 Å². The van der Waals surface area contributed by atoms with Crippen molar-refractivity contribution in [2.45, 2.75) is 0 Å². The van der Waals surface area contributed by atoms with Gasteiger partial charge in [0.25, 0.3) is 0 Å². The highest BCUT2D eigenvalue weighted by atomic mass is 35.5. The number of halogens is 1. The van der Waals surface area contributed by atoms with E-state index < -0.39 is 0 Å². The molecular weight excluding hydrogens is 95.5 g/mol. The fraction of sp³-hybridized carbons (Fsp3) is 0. The first kappa shape index (κ1) is 19.3. The third-order valence-electron chi connectivity index (χ3n) is 0. The summed E-state index contributed by atoms with van der Waals surface area (Å²) in [7, 11) is 0. The molecule has 4 nitrogen and oxygen atoms in total. The van der Waals surface area contributed by atoms with Crippen LogP contribution in [0.15, 0.2) is 0 Å². The second-order valence-electron chi connectivity index (χ2n) is 0. The number of hydrogen-bond donors (Lipinski definition) is 4. The molecule has 0 radical (unpaired) electrons. The third kappa shape index (κ3) is 1110. The van der Waals surface area contributed by atoms with Crippen molar-refractivity contribution >= 4 is 0 Å². The monoisotopic (exact) mass is 102 g/mol. The lowest BCUT2D eigenvalue weighted by Gasteiger charge is -1.27. The summed E-state index contributed by atoms with van der Waals surface area (Å²) in [6.45, 7) is 0. The van der Waals surface area contributed by atoms with Crippen LogP contribution in [0.3, 0.4) is 0 Å². The van der Waals surface area contributed by atoms with Gasteiger partial charge in [-0.25, -0.2) is 17.0 Å². The van der Waals surface area contributed by atoms with Crippen molar-refractivity contribution in [3.05, 3.63) is 0 Å². The summed E-state index contributed by atoms with van der Waals surface area (Å²) in [6, 6.07) is 0. The van der Waals surface area contributed by atoms with E-state index in [4.69, 9.17) is 10.4 Å². The molecule has 5 heavy (non-hydrogen) atoms. The Bertz CT molecular complexity index is 7.61. The van der Waals surface area contributed by atoms with E-state index in [1.54, 1.807) is 0 Å². The summed E-state index contributed by atoms with van der Waals surface area (Å²) < 4.78 is 0. The maximum atomic E-state index is 6.75. The van der Waals surface area contributed by atoms with Crippen LogP contribution in [-0.4, -0.2) is 10.4 Å². The van der Waals surface area contributed by atoms with Gasteiger partial charge in [0.15, 0.2) is 0 Å². The van der Waals surface area contributed by atoms with Gasteiger partial charge in [0.05, 0.1) is 0 Å². The van der Waals surface area contributed by atoms with E-state index in [0.717, 1.165) is 0 Å². The van der Waals surface area contributed by atoms with Crippen molar-refractivity contribution in [3.8, 4) is 0 Å². The first-order valence-electron chi connectivity index (χ1n) is 0.574. The summed E-state index contributed by atoms with van der Waals surface area (Å²) in [5.41, 5.74) is 0. The third-order valence-corrected chi connectivity index (χ3v) is 0. The molecule has 0 saturated carbocycles. The minimum atomic E-state index is 0. The molecule has 0 aliphatic carbocycles. The van der Waals surface area contributed by atoms with Gasteiger partial charge in [0.2, 0.25) is 0 Å². The molecule has 0 aromatic heterocycles. The molecule has 0 aromatic rings. The largest absolute Gasteiger partial charge is 1.00 e. The van der Waals surface area contributed by atoms with Gasteiger partial charge in [-0.2, -0.15) is 0 Å². The molecule has 0 atom stereocenters. The summed E-state index contributed by atoms with van der Waals surface area (Å²) in [4.78, 5) is 0. The van der Waals surface area contributed by atoms with Gasteiger partial charge in [0.1, 0.15) is 0 Å². The van der Waals surface area contributed by atoms with E-state index in [-0.39, 0.29) is 12.4 Å². The Hall–Kier alpha value is 0.130. The lowest BCUT2D eigenvalue weighted by Crippen LogP contribution is -3.00. The maximum Gasteiger partial charge on any atom is -0.216 e. The van der Waals surface area contributed by atoms with E-state index in [0.29, 0.717) is 0 Å². The number of hydrogen-bond acceptors (Lipinski definition) is 3. The van der Waals surface area contributed by atoms with Crippen LogP contribution in [0.4, 0.5) is 0 Å². The lowest BCUT2D eigenvalue weighted by atomic mass is 13.6. The van der Waals surface area contributed by atoms with Gasteiger partial charge in [-0.15, -0.1) is 0 Å². The molecule has 0 amide bonds. The highest BCUT2D eigenvalue weighted by molar-refractivity contribution is 2.77. The Kier molecular flexibility index (Phi) is 9240. The maximum absolute atomic E-state index is 6.75. The van der Waals surface area contributed by atoms with Crippen LogP contribution in [0.2, 0.25) is 0 Å². The van der Waals surface area contributed by atoms with Crippen LogP contribution in [-0.2, 0) is 0 Å². The summed E-state index contributed by atoms with van der Waals surface area (Å²) in [6.07, 6.45) is 0. The SMILES string of the molecule is NO.[Cl-].[NH3+]O. The fourth-order valence-electron chi connectivity index (χ4n) is 0. The normalized spacial score (nSPS) is 2.40. The van der Waals surface area contributed by atoms with Gasteiger partial charge in [0, 0.05) is 0 Å². The Morgan fingerprint density at radius 3 is 1.20 bits per heavy atom. The molecular formula is H7ClN2O2. The van der Waals surface area contributed by atoms with Gasteiger partial charge in [-0.05, 0) is 0 Å². The molecule has 0 fully saturated rings. The van der Waals surface area contributed by atoms with E-state index >= 15 is 0 Å². The summed E-state index contributed by atoms with van der Waals surface area (Å²) in [5.74, 6) is 5.75. The Balaban J connectivity index is -0.0000000133. The van der Waals surface area contributed by atoms with Crippen LogP contribution in [0.5, 0.6) is 0 Å². The standard InChI is InChI=1S/ClH.H4NO.H3NO/c;2*1-2/h1H;2H,1H3;2H,1H2/q;+1;/p-1. The van der Waals surface area contributed by atoms with E-state index in [1.807, 2.05) is 0 Å². The zero-order chi connectivity index (χ0) is 4.00. The molecule has 0 heterocycles. The van der Waals surface area contributed by atoms with Gasteiger partial charge < -0.3 is 17.6 Å². The number of nitrogens with two attached hydrogens (primary N) is 1. The molecule has 36 valence electrons. The zero-order valence-corrected chi connectivity index (χ0v) is 3.31. The van der Waals surface area contributed by atoms with Crippen molar-refractivity contribution < 1.29 is 28.7 Å². The lowest BCUT2D eigenvalue weighted by molar-refractivity contribution is -0.670. The van der Waals surface area contributed by atoms with Gasteiger partial charge in [-0.3, -0.25) is 0 Å². The molecule has 0 saturated heterocycles. The number of quaternary nitrogens is 1. The van der Waals surface area contributed by atoms with Crippen LogP contribution < -0.4 is 24.2 Å². The van der Waals surface area contributed by atoms with Crippen molar-refractivity contribution in [1.82, 2.24) is 0 Å². The van der Waals surface area contributed by atoms with Crippen molar-refractivity contribution in [2.24, 2.45) is 5.90 Å². The van der Waals surface area contributed by atoms with Gasteiger partial charge >= 0.3 is 0 Å². The Labute approximate surface area is 35.7 Å². The zero-order valence-electron chi connectivity index (χ0n) is 2.56. The fourth-order valence-corrected chi connectivity index (χ4v) is 0. The Morgan fingerprint density at radius 2 is 1.20 bits per heavy atom. The highest BCUT2D eigenvalue weighted by Gasteiger charge is 0.781. The molecule has 0 rings (SSSR count).